The van der Waals surface area contributed by atoms with E-state index in [0.29, 0.717) is 118 Å². The quantitative estimate of drug-likeness (QED) is 0.0222. The molecule has 9 saturated carbocycles. The van der Waals surface area contributed by atoms with Gasteiger partial charge in [0.15, 0.2) is 0 Å². The minimum Gasteiger partial charge on any atom is -0.462 e. The minimum atomic E-state index is -0.306. The topological polar surface area (TPSA) is 237 Å². The van der Waals surface area contributed by atoms with E-state index in [-0.39, 0.29) is 94.4 Å². The van der Waals surface area contributed by atoms with Crippen molar-refractivity contribution in [1.82, 2.24) is 0 Å². The lowest BCUT2D eigenvalue weighted by Crippen LogP contribution is -2.38. The summed E-state index contributed by atoms with van der Waals surface area (Å²) in [6.45, 7) is 75.7. The third-order valence-corrected chi connectivity index (χ3v) is 25.9. The molecule has 0 aromatic rings. The van der Waals surface area contributed by atoms with Gasteiger partial charge in [-0.3, -0.25) is 0 Å². The highest BCUT2D eigenvalue weighted by Crippen LogP contribution is 2.68. The molecule has 16 unspecified atom stereocenters. The molecule has 662 valence electrons. The van der Waals surface area contributed by atoms with E-state index in [2.05, 4.69) is 127 Å². The molecule has 0 aromatic carbocycles. The zero-order valence-electron chi connectivity index (χ0n) is 76.7. The van der Waals surface area contributed by atoms with Crippen LogP contribution in [0.4, 0.5) is 0 Å². The number of hydrogen-bond acceptors (Lipinski definition) is 18. The van der Waals surface area contributed by atoms with Crippen LogP contribution in [-0.4, -0.2) is 111 Å². The summed E-state index contributed by atoms with van der Waals surface area (Å²) in [7, 11) is 0. The van der Waals surface area contributed by atoms with E-state index >= 15 is 0 Å². The van der Waals surface area contributed by atoms with Gasteiger partial charge in [0.2, 0.25) is 0 Å². The summed E-state index contributed by atoms with van der Waals surface area (Å²) in [4.78, 5) is 99.5. The first-order valence-electron chi connectivity index (χ1n) is 43.8. The standard InChI is InChI=1S/C14H20O2.C14H18O2.2C13H20O2.C13H24O2.C9H16O2.2C8H14O2.C7H12O2/c2*1-8(2)14(15)16-13-7-9-6-12(13)11-5-3-4-10(9)11;2*1-5-11(14)15-10-8-9-6-7-13(10,4)12(9,2)3;1-4-5-6-7-8-9-10-11-15-13(14)12(2)3;1-7(2)8(10)11-6-9(3,4)5;1-6(2)5-10-8(9)7(3)4;1-4-5-6-10-8(9)7(2)3;1-4-5-9-7(8)6(2)3/h9-13H,1,3-7H2,2H3;3,5,9-13H,1,4,6-7H2,2H3;2*5,9-10H,1,6-8H2,2-4H3;2,4-11H2,1,3H3;1,6H2,2-5H3;6H,3,5H2,1-2,4H3;2,4-6H2,1,3H3;2,4-5H2,1,3H3. The zero-order chi connectivity index (χ0) is 89.1. The number of carbonyl (C=O) groups is 9. The van der Waals surface area contributed by atoms with Gasteiger partial charge in [0.05, 0.1) is 33.0 Å². The Bertz CT molecular complexity index is 3340. The largest absolute Gasteiger partial charge is 0.462 e. The average Bonchev–Trinajstić information content (AvgIpc) is 1.57. The van der Waals surface area contributed by atoms with Crippen LogP contribution in [0.1, 0.15) is 299 Å². The normalized spacial score (nSPS) is 27.2. The molecule has 0 spiro atoms. The van der Waals surface area contributed by atoms with Gasteiger partial charge in [-0.1, -0.05) is 220 Å². The van der Waals surface area contributed by atoms with E-state index in [1.165, 1.54) is 108 Å². The molecule has 10 aliphatic rings. The number of hydrogen-bond donors (Lipinski definition) is 0. The predicted molar refractivity (Wildman–Crippen MR) is 468 cm³/mol. The van der Waals surface area contributed by atoms with Crippen molar-refractivity contribution in [2.24, 2.45) is 92.2 Å². The minimum absolute atomic E-state index is 0.0328. The molecule has 0 radical (unpaired) electrons. The van der Waals surface area contributed by atoms with Gasteiger partial charge in [-0.05, 0) is 227 Å². The van der Waals surface area contributed by atoms with Crippen LogP contribution in [0.25, 0.3) is 0 Å². The van der Waals surface area contributed by atoms with Crippen LogP contribution in [0, 0.1) is 92.2 Å². The van der Waals surface area contributed by atoms with Crippen LogP contribution < -0.4 is 0 Å². The first-order valence-corrected chi connectivity index (χ1v) is 43.8. The second-order valence-corrected chi connectivity index (χ2v) is 37.8. The van der Waals surface area contributed by atoms with E-state index in [4.69, 9.17) is 42.6 Å². The number of rotatable bonds is 29. The van der Waals surface area contributed by atoms with Gasteiger partial charge in [-0.2, -0.15) is 0 Å². The third-order valence-electron chi connectivity index (χ3n) is 25.9. The van der Waals surface area contributed by atoms with Gasteiger partial charge < -0.3 is 42.6 Å². The lowest BCUT2D eigenvalue weighted by Gasteiger charge is -2.38. The molecule has 0 aliphatic heterocycles. The highest BCUT2D eigenvalue weighted by atomic mass is 16.6. The van der Waals surface area contributed by atoms with Crippen LogP contribution in [0.2, 0.25) is 0 Å². The number of allylic oxidation sites excluding steroid dienone is 2. The maximum absolute atomic E-state index is 11.5. The summed E-state index contributed by atoms with van der Waals surface area (Å²) in [5.74, 6) is 5.67. The molecule has 8 bridgehead atoms. The Labute approximate surface area is 707 Å². The molecule has 18 heteroatoms. The van der Waals surface area contributed by atoms with Crippen molar-refractivity contribution in [2.75, 3.05) is 33.0 Å². The molecule has 10 rings (SSSR count). The fourth-order valence-corrected chi connectivity index (χ4v) is 18.1. The molecule has 18 nitrogen and oxygen atoms in total. The Morgan fingerprint density at radius 1 is 0.419 bits per heavy atom. The lowest BCUT2D eigenvalue weighted by molar-refractivity contribution is -0.151. The first kappa shape index (κ1) is 106. The Morgan fingerprint density at radius 3 is 1.18 bits per heavy atom. The monoisotopic (exact) mass is 1640 g/mol. The maximum Gasteiger partial charge on any atom is 0.333 e. The number of carbonyl (C=O) groups excluding carboxylic acids is 9. The molecule has 0 aromatic heterocycles. The summed E-state index contributed by atoms with van der Waals surface area (Å²) < 4.78 is 46.3. The van der Waals surface area contributed by atoms with Crippen LogP contribution in [0.5, 0.6) is 0 Å². The fourth-order valence-electron chi connectivity index (χ4n) is 18.1. The van der Waals surface area contributed by atoms with Gasteiger partial charge in [0, 0.05) is 67.9 Å². The maximum atomic E-state index is 11.5. The van der Waals surface area contributed by atoms with Crippen LogP contribution >= 0.6 is 0 Å². The van der Waals surface area contributed by atoms with Crippen molar-refractivity contribution >= 4 is 53.7 Å². The van der Waals surface area contributed by atoms with Crippen molar-refractivity contribution in [3.8, 4) is 0 Å². The molecule has 117 heavy (non-hydrogen) atoms. The summed E-state index contributed by atoms with van der Waals surface area (Å²) >= 11 is 0. The summed E-state index contributed by atoms with van der Waals surface area (Å²) in [5.41, 5.74) is 4.34. The number of esters is 9. The summed E-state index contributed by atoms with van der Waals surface area (Å²) in [6.07, 6.45) is 36.4. The highest BCUT2D eigenvalue weighted by molar-refractivity contribution is 5.89. The van der Waals surface area contributed by atoms with E-state index < -0.39 is 0 Å². The second kappa shape index (κ2) is 50.6. The Kier molecular flexibility index (Phi) is 45.8. The van der Waals surface area contributed by atoms with Gasteiger partial charge in [0.1, 0.15) is 24.4 Å². The van der Waals surface area contributed by atoms with E-state index in [1.54, 1.807) is 48.5 Å². The van der Waals surface area contributed by atoms with Gasteiger partial charge in [-0.25, -0.2) is 43.2 Å². The SMILES string of the molecule is C=C(C)C(=O)OC1CC2CC1C1C=CCC21.C=C(C)C(=O)OC1CC2CC1C1CCCC21.C=C(C)C(=O)OCC(C)(C)C.C=C(C)C(=O)OCC(C)C.C=C(C)C(=O)OCCC.C=C(C)C(=O)OCCCC.C=C(C)C(=O)OCCCCCCCCC.C=CC(=O)OC1CC2CCC1(C)C2(C)C.C=CC(=O)OC1CC2CCC1(C)C2(C)C. The molecule has 0 heterocycles. The summed E-state index contributed by atoms with van der Waals surface area (Å²) in [5, 5.41) is 0. The lowest BCUT2D eigenvalue weighted by atomic mass is 9.70. The zero-order valence-corrected chi connectivity index (χ0v) is 76.7. The van der Waals surface area contributed by atoms with Crippen LogP contribution in [0.3, 0.4) is 0 Å². The smallest absolute Gasteiger partial charge is 0.333 e. The highest BCUT2D eigenvalue weighted by Gasteiger charge is 2.64. The van der Waals surface area contributed by atoms with Gasteiger partial charge in [0.25, 0.3) is 0 Å². The third kappa shape index (κ3) is 33.3. The van der Waals surface area contributed by atoms with Crippen molar-refractivity contribution in [1.29, 1.82) is 0 Å². The first-order chi connectivity index (χ1) is 54.6. The molecule has 9 fully saturated rings. The average molecular weight is 1640 g/mol. The molecule has 0 amide bonds. The Morgan fingerprint density at radius 2 is 0.795 bits per heavy atom. The number of ether oxygens (including phenoxy) is 9. The van der Waals surface area contributed by atoms with Crippen molar-refractivity contribution in [3.63, 3.8) is 0 Å². The molecule has 0 saturated heterocycles. The van der Waals surface area contributed by atoms with E-state index in [0.717, 1.165) is 87.4 Å². The Balaban J connectivity index is 0.000000450. The van der Waals surface area contributed by atoms with E-state index in [1.807, 2.05) is 41.5 Å². The molecule has 10 aliphatic carbocycles. The molecular formula is C99H158O18. The predicted octanol–water partition coefficient (Wildman–Crippen LogP) is 22.7. The van der Waals surface area contributed by atoms with Gasteiger partial charge >= 0.3 is 53.7 Å². The summed E-state index contributed by atoms with van der Waals surface area (Å²) in [6, 6.07) is 0. The fraction of sp³-hybridized carbons (Fsp3) is 0.707. The van der Waals surface area contributed by atoms with Crippen molar-refractivity contribution in [3.05, 3.63) is 123 Å². The Hall–Kier alpha value is -7.37. The van der Waals surface area contributed by atoms with Crippen molar-refractivity contribution < 1.29 is 85.8 Å². The molecule has 16 atom stereocenters. The number of fused-ring (bicyclic) bond motifs is 14. The van der Waals surface area contributed by atoms with Crippen LogP contribution in [0.15, 0.2) is 123 Å². The number of unbranched alkanes of at least 4 members (excludes halogenated alkanes) is 7. The van der Waals surface area contributed by atoms with Crippen LogP contribution in [-0.2, 0) is 85.8 Å². The van der Waals surface area contributed by atoms with Gasteiger partial charge in [-0.15, -0.1) is 0 Å². The molecule has 0 N–H and O–H groups in total. The second-order valence-electron chi connectivity index (χ2n) is 37.8. The van der Waals surface area contributed by atoms with E-state index in [9.17, 15) is 43.2 Å². The van der Waals surface area contributed by atoms with Crippen molar-refractivity contribution in [2.45, 2.75) is 324 Å². The molecular weight excluding hydrogens is 1480 g/mol.